The molecule has 4 aliphatic rings. The normalized spacial score (nSPS) is 29.9. The highest BCUT2D eigenvalue weighted by molar-refractivity contribution is 7.90. The molecule has 1 aromatic carbocycles. The van der Waals surface area contributed by atoms with Gasteiger partial charge in [-0.2, -0.15) is 0 Å². The van der Waals surface area contributed by atoms with Crippen molar-refractivity contribution in [2.45, 2.75) is 101 Å². The van der Waals surface area contributed by atoms with Crippen LogP contribution in [0.2, 0.25) is 0 Å². The fourth-order valence-electron chi connectivity index (χ4n) is 7.68. The van der Waals surface area contributed by atoms with E-state index >= 15 is 0 Å². The molecule has 2 saturated heterocycles. The van der Waals surface area contributed by atoms with Crippen LogP contribution < -0.4 is 0 Å². The van der Waals surface area contributed by atoms with E-state index in [0.29, 0.717) is 4.90 Å². The maximum Gasteiger partial charge on any atom is 0.175 e. The molecule has 3 aliphatic heterocycles. The third-order valence-electron chi connectivity index (χ3n) is 10.2. The Morgan fingerprint density at radius 3 is 2.37 bits per heavy atom. The highest BCUT2D eigenvalue weighted by Gasteiger charge is 2.39. The van der Waals surface area contributed by atoms with E-state index in [9.17, 15) is 8.42 Å². The number of nitrogens with zero attached hydrogens (tertiary/aromatic N) is 4. The smallest absolute Gasteiger partial charge is 0.175 e. The molecule has 2 aromatic rings. The van der Waals surface area contributed by atoms with Gasteiger partial charge in [0.25, 0.3) is 0 Å². The first kappa shape index (κ1) is 26.5. The zero-order valence-corrected chi connectivity index (χ0v) is 24.4. The predicted molar refractivity (Wildman–Crippen MR) is 153 cm³/mol. The van der Waals surface area contributed by atoms with Crippen LogP contribution in [-0.4, -0.2) is 71.8 Å². The summed E-state index contributed by atoms with van der Waals surface area (Å²) >= 11 is 0. The number of likely N-dealkylation sites (tertiary alicyclic amines) is 2. The summed E-state index contributed by atoms with van der Waals surface area (Å²) < 4.78 is 26.0. The summed E-state index contributed by atoms with van der Waals surface area (Å²) in [5.74, 6) is 3.72. The van der Waals surface area contributed by atoms with Gasteiger partial charge in [-0.05, 0) is 101 Å². The third kappa shape index (κ3) is 5.62. The highest BCUT2D eigenvalue weighted by Crippen LogP contribution is 2.38. The Labute approximate surface area is 229 Å². The molecule has 1 aliphatic carbocycles. The Bertz CT molecular complexity index is 1210. The first-order valence-corrected chi connectivity index (χ1v) is 17.0. The van der Waals surface area contributed by atoms with Crippen molar-refractivity contribution in [2.75, 3.05) is 25.9 Å². The molecule has 0 bridgehead atoms. The molecule has 0 N–H and O–H groups in total. The molecular formula is C31H46N4O2S. The van der Waals surface area contributed by atoms with Crippen LogP contribution in [0.5, 0.6) is 0 Å². The van der Waals surface area contributed by atoms with E-state index in [0.717, 1.165) is 60.1 Å². The van der Waals surface area contributed by atoms with Crippen molar-refractivity contribution in [1.82, 2.24) is 19.4 Å². The second-order valence-corrected chi connectivity index (χ2v) is 14.9. The van der Waals surface area contributed by atoms with Crippen LogP contribution in [0.25, 0.3) is 11.3 Å². The summed E-state index contributed by atoms with van der Waals surface area (Å²) in [5.41, 5.74) is 1.95. The molecule has 1 aromatic heterocycles. The van der Waals surface area contributed by atoms with Gasteiger partial charge in [0.05, 0.1) is 10.6 Å². The van der Waals surface area contributed by atoms with Gasteiger partial charge >= 0.3 is 0 Å². The summed E-state index contributed by atoms with van der Waals surface area (Å²) in [6, 6.07) is 9.44. The zero-order chi connectivity index (χ0) is 26.4. The van der Waals surface area contributed by atoms with Crippen LogP contribution in [0.3, 0.4) is 0 Å². The molecule has 4 heterocycles. The number of piperidine rings is 2. The van der Waals surface area contributed by atoms with E-state index in [-0.39, 0.29) is 0 Å². The first-order chi connectivity index (χ1) is 18.3. The molecule has 38 heavy (non-hydrogen) atoms. The number of aromatic nitrogens is 2. The number of imidazole rings is 1. The highest BCUT2D eigenvalue weighted by atomic mass is 32.2. The van der Waals surface area contributed by atoms with Crippen LogP contribution in [0.15, 0.2) is 35.4 Å². The molecule has 3 unspecified atom stereocenters. The number of fused-ring (bicyclic) bond motifs is 1. The lowest BCUT2D eigenvalue weighted by Gasteiger charge is -2.49. The fraction of sp³-hybridized carbons (Fsp3) is 0.710. The number of benzene rings is 1. The lowest BCUT2D eigenvalue weighted by Crippen LogP contribution is -2.55. The van der Waals surface area contributed by atoms with E-state index < -0.39 is 9.84 Å². The Hall–Kier alpha value is -1.70. The topological polar surface area (TPSA) is 58.4 Å². The van der Waals surface area contributed by atoms with Crippen molar-refractivity contribution >= 4 is 9.84 Å². The number of hydrogen-bond acceptors (Lipinski definition) is 5. The minimum absolute atomic E-state index is 0.361. The predicted octanol–water partition coefficient (Wildman–Crippen LogP) is 5.27. The molecule has 0 radical (unpaired) electrons. The Balaban J connectivity index is 1.04. The van der Waals surface area contributed by atoms with E-state index in [1.54, 1.807) is 12.1 Å². The average Bonchev–Trinajstić information content (AvgIpc) is 3.64. The van der Waals surface area contributed by atoms with Crippen molar-refractivity contribution < 1.29 is 8.42 Å². The largest absolute Gasteiger partial charge is 0.334 e. The van der Waals surface area contributed by atoms with Crippen LogP contribution in [-0.2, 0) is 22.8 Å². The number of hydrogen-bond donors (Lipinski definition) is 0. The number of aryl methyl sites for hydroxylation is 1. The summed E-state index contributed by atoms with van der Waals surface area (Å²) in [5, 5.41) is 0. The monoisotopic (exact) mass is 538 g/mol. The summed E-state index contributed by atoms with van der Waals surface area (Å²) in [7, 11) is -3.18. The molecule has 6 rings (SSSR count). The molecule has 208 valence electrons. The van der Waals surface area contributed by atoms with E-state index in [4.69, 9.17) is 4.98 Å². The second kappa shape index (κ2) is 10.7. The van der Waals surface area contributed by atoms with Gasteiger partial charge in [0.15, 0.2) is 9.84 Å². The van der Waals surface area contributed by atoms with Crippen molar-refractivity contribution in [1.29, 1.82) is 0 Å². The van der Waals surface area contributed by atoms with Crippen LogP contribution >= 0.6 is 0 Å². The van der Waals surface area contributed by atoms with Gasteiger partial charge in [-0.15, -0.1) is 0 Å². The maximum atomic E-state index is 11.8. The molecule has 4 atom stereocenters. The quantitative estimate of drug-likeness (QED) is 0.481. The third-order valence-corrected chi connectivity index (χ3v) is 11.3. The lowest BCUT2D eigenvalue weighted by atomic mass is 9.79. The summed E-state index contributed by atoms with van der Waals surface area (Å²) in [6.07, 6.45) is 15.3. The number of rotatable bonds is 7. The Kier molecular flexibility index (Phi) is 7.47. The van der Waals surface area contributed by atoms with Gasteiger partial charge in [0.1, 0.15) is 5.82 Å². The van der Waals surface area contributed by atoms with E-state index in [1.165, 1.54) is 83.1 Å². The molecule has 6 nitrogen and oxygen atoms in total. The van der Waals surface area contributed by atoms with Gasteiger partial charge in [-0.1, -0.05) is 19.1 Å². The van der Waals surface area contributed by atoms with Crippen LogP contribution in [0.1, 0.15) is 71.0 Å². The molecule has 7 heteroatoms. The van der Waals surface area contributed by atoms with Gasteiger partial charge in [0.2, 0.25) is 0 Å². The molecule has 0 amide bonds. The van der Waals surface area contributed by atoms with E-state index in [1.807, 2.05) is 12.1 Å². The van der Waals surface area contributed by atoms with Crippen molar-refractivity contribution in [2.24, 2.45) is 17.8 Å². The average molecular weight is 539 g/mol. The van der Waals surface area contributed by atoms with Gasteiger partial charge in [0, 0.05) is 55.7 Å². The maximum absolute atomic E-state index is 11.8. The van der Waals surface area contributed by atoms with Crippen molar-refractivity contribution in [3.8, 4) is 11.3 Å². The standard InChI is InChI=1S/C31H46N4O2S/c1-4-27-18-28(17-22(2)35(27)19-23-5-6-23)33-15-13-24(14-16-33)26-9-12-31-32-30(21-34(31)20-26)25-7-10-29(11-8-25)38(3,36)37/h7-8,10-11,21-24,26-28H,4-6,9,12-20H2,1-3H3/t22?,26-,27?,28?/m0/s1. The first-order valence-electron chi connectivity index (χ1n) is 15.1. The molecule has 3 fully saturated rings. The van der Waals surface area contributed by atoms with Crippen molar-refractivity contribution in [3.63, 3.8) is 0 Å². The van der Waals surface area contributed by atoms with Crippen molar-refractivity contribution in [3.05, 3.63) is 36.3 Å². The Morgan fingerprint density at radius 1 is 0.974 bits per heavy atom. The molecular weight excluding hydrogens is 492 g/mol. The molecule has 1 saturated carbocycles. The van der Waals surface area contributed by atoms with Crippen LogP contribution in [0.4, 0.5) is 0 Å². The lowest BCUT2D eigenvalue weighted by molar-refractivity contribution is 0.00534. The minimum Gasteiger partial charge on any atom is -0.334 e. The summed E-state index contributed by atoms with van der Waals surface area (Å²) in [4.78, 5) is 11.0. The van der Waals surface area contributed by atoms with Gasteiger partial charge in [-0.3, -0.25) is 4.90 Å². The van der Waals surface area contributed by atoms with Gasteiger partial charge < -0.3 is 9.47 Å². The fourth-order valence-corrected chi connectivity index (χ4v) is 8.32. The molecule has 0 spiro atoms. The second-order valence-electron chi connectivity index (χ2n) is 12.8. The number of sulfone groups is 1. The zero-order valence-electron chi connectivity index (χ0n) is 23.6. The van der Waals surface area contributed by atoms with E-state index in [2.05, 4.69) is 34.4 Å². The summed E-state index contributed by atoms with van der Waals surface area (Å²) in [6.45, 7) is 9.85. The van der Waals surface area contributed by atoms with Gasteiger partial charge in [-0.25, -0.2) is 13.4 Å². The Morgan fingerprint density at radius 2 is 1.71 bits per heavy atom. The SMILES string of the molecule is CCC1CC(N2CCC([C@H]3CCc4nc(-c5ccc(S(C)(=O)=O)cc5)cn4C3)CC2)CC(C)N1CC1CC1. The minimum atomic E-state index is -3.18. The van der Waals surface area contributed by atoms with Crippen LogP contribution in [0, 0.1) is 17.8 Å².